The maximum Gasteiger partial charge on any atom is 0.256 e. The molecule has 1 aromatic carbocycles. The van der Waals surface area contributed by atoms with E-state index in [-0.39, 0.29) is 5.91 Å². The number of carbonyl (C=O) groups excluding carboxylic acids is 1. The molecule has 0 spiro atoms. The molecule has 5 nitrogen and oxygen atoms in total. The van der Waals surface area contributed by atoms with Crippen LogP contribution in [-0.4, -0.2) is 29.7 Å². The summed E-state index contributed by atoms with van der Waals surface area (Å²) in [6.45, 7) is 11.3. The van der Waals surface area contributed by atoms with Crippen molar-refractivity contribution in [3.05, 3.63) is 30.5 Å². The Morgan fingerprint density at radius 2 is 2.00 bits per heavy atom. The molecule has 1 heterocycles. The second-order valence-electron chi connectivity index (χ2n) is 7.79. The highest BCUT2D eigenvalue weighted by atomic mass is 16.5. The number of nitrogens with zero attached hydrogens (tertiary/aromatic N) is 1. The summed E-state index contributed by atoms with van der Waals surface area (Å²) in [6.07, 6.45) is 5.60. The lowest BCUT2D eigenvalue weighted by atomic mass is 9.96. The van der Waals surface area contributed by atoms with Crippen molar-refractivity contribution in [3.8, 4) is 5.75 Å². The lowest BCUT2D eigenvalue weighted by Crippen LogP contribution is -2.42. The Morgan fingerprint density at radius 3 is 2.68 bits per heavy atom. The summed E-state index contributed by atoms with van der Waals surface area (Å²) in [6, 6.07) is 7.58. The second-order valence-corrected chi connectivity index (χ2v) is 7.79. The van der Waals surface area contributed by atoms with E-state index in [0.29, 0.717) is 25.6 Å². The first-order valence-electron chi connectivity index (χ1n) is 10.4. The first-order valence-corrected chi connectivity index (χ1v) is 10.4. The Kier molecular flexibility index (Phi) is 8.24. The van der Waals surface area contributed by atoms with Crippen LogP contribution in [-0.2, 0) is 9.53 Å². The van der Waals surface area contributed by atoms with Gasteiger partial charge >= 0.3 is 0 Å². The standard InChI is InChI=1S/C23H34N2O3/c1-6-8-9-14-23(5,28-7-2)22(26)25-19-12-13-20(27-16-17(3)4)21-18(19)11-10-15-24-21/h10-13,15,17H,6-9,14,16H2,1-5H3,(H,25,26)/t23-/m1/s1. The van der Waals surface area contributed by atoms with Crippen LogP contribution >= 0.6 is 0 Å². The summed E-state index contributed by atoms with van der Waals surface area (Å²) in [4.78, 5) is 17.6. The quantitative estimate of drug-likeness (QED) is 0.512. The lowest BCUT2D eigenvalue weighted by Gasteiger charge is -2.28. The molecule has 1 aromatic heterocycles. The van der Waals surface area contributed by atoms with E-state index in [1.165, 1.54) is 0 Å². The van der Waals surface area contributed by atoms with E-state index < -0.39 is 5.60 Å². The van der Waals surface area contributed by atoms with Crippen LogP contribution in [0.1, 0.15) is 60.3 Å². The Bertz CT molecular complexity index is 776. The summed E-state index contributed by atoms with van der Waals surface area (Å²) < 4.78 is 11.8. The van der Waals surface area contributed by atoms with Gasteiger partial charge in [0.15, 0.2) is 0 Å². The second kappa shape index (κ2) is 10.4. The van der Waals surface area contributed by atoms with Gasteiger partial charge in [0.2, 0.25) is 0 Å². The predicted octanol–water partition coefficient (Wildman–Crippen LogP) is 5.58. The summed E-state index contributed by atoms with van der Waals surface area (Å²) in [5.41, 5.74) is 0.641. The average Bonchev–Trinajstić information content (AvgIpc) is 2.67. The molecule has 28 heavy (non-hydrogen) atoms. The van der Waals surface area contributed by atoms with E-state index in [0.717, 1.165) is 41.6 Å². The highest BCUT2D eigenvalue weighted by Crippen LogP contribution is 2.31. The van der Waals surface area contributed by atoms with Crippen molar-refractivity contribution in [1.82, 2.24) is 4.98 Å². The number of hydrogen-bond donors (Lipinski definition) is 1. The minimum Gasteiger partial charge on any atom is -0.491 e. The third-order valence-electron chi connectivity index (χ3n) is 4.75. The molecular weight excluding hydrogens is 352 g/mol. The maximum atomic E-state index is 13.1. The van der Waals surface area contributed by atoms with E-state index in [1.807, 2.05) is 38.1 Å². The fourth-order valence-electron chi connectivity index (χ4n) is 3.17. The van der Waals surface area contributed by atoms with E-state index in [9.17, 15) is 4.79 Å². The van der Waals surface area contributed by atoms with Gasteiger partial charge in [0.05, 0.1) is 12.3 Å². The molecule has 0 aliphatic rings. The summed E-state index contributed by atoms with van der Waals surface area (Å²) in [5, 5.41) is 3.94. The number of unbranched alkanes of at least 4 members (excludes halogenated alkanes) is 2. The third-order valence-corrected chi connectivity index (χ3v) is 4.75. The van der Waals surface area contributed by atoms with Crippen molar-refractivity contribution in [2.24, 2.45) is 5.92 Å². The van der Waals surface area contributed by atoms with Gasteiger partial charge in [0, 0.05) is 18.2 Å². The van der Waals surface area contributed by atoms with Crippen molar-refractivity contribution >= 4 is 22.5 Å². The van der Waals surface area contributed by atoms with Gasteiger partial charge in [-0.1, -0.05) is 40.0 Å². The highest BCUT2D eigenvalue weighted by Gasteiger charge is 2.33. The van der Waals surface area contributed by atoms with Gasteiger partial charge in [-0.2, -0.15) is 0 Å². The summed E-state index contributed by atoms with van der Waals surface area (Å²) >= 11 is 0. The molecular formula is C23H34N2O3. The maximum absolute atomic E-state index is 13.1. The molecule has 0 saturated heterocycles. The number of hydrogen-bond acceptors (Lipinski definition) is 4. The monoisotopic (exact) mass is 386 g/mol. The van der Waals surface area contributed by atoms with Gasteiger partial charge in [0.25, 0.3) is 5.91 Å². The summed E-state index contributed by atoms with van der Waals surface area (Å²) in [5.74, 6) is 1.04. The smallest absolute Gasteiger partial charge is 0.256 e. The van der Waals surface area contributed by atoms with Gasteiger partial charge in [-0.3, -0.25) is 9.78 Å². The number of aromatic nitrogens is 1. The van der Waals surface area contributed by atoms with Gasteiger partial charge in [-0.25, -0.2) is 0 Å². The van der Waals surface area contributed by atoms with Crippen molar-refractivity contribution in [2.75, 3.05) is 18.5 Å². The molecule has 2 rings (SSSR count). The highest BCUT2D eigenvalue weighted by molar-refractivity contribution is 6.05. The zero-order valence-electron chi connectivity index (χ0n) is 17.9. The van der Waals surface area contributed by atoms with E-state index in [2.05, 4.69) is 31.1 Å². The van der Waals surface area contributed by atoms with Crippen molar-refractivity contribution < 1.29 is 14.3 Å². The van der Waals surface area contributed by atoms with Crippen LogP contribution in [0.3, 0.4) is 0 Å². The number of fused-ring (bicyclic) bond motifs is 1. The Labute approximate surface area is 168 Å². The molecule has 1 amide bonds. The van der Waals surface area contributed by atoms with Crippen LogP contribution in [0.2, 0.25) is 0 Å². The Balaban J connectivity index is 2.27. The zero-order valence-corrected chi connectivity index (χ0v) is 17.9. The molecule has 0 bridgehead atoms. The van der Waals surface area contributed by atoms with E-state index in [1.54, 1.807) is 6.20 Å². The van der Waals surface area contributed by atoms with Gasteiger partial charge < -0.3 is 14.8 Å². The number of anilines is 1. The van der Waals surface area contributed by atoms with Crippen molar-refractivity contribution in [2.45, 2.75) is 65.9 Å². The first kappa shape index (κ1) is 22.2. The van der Waals surface area contributed by atoms with Gasteiger partial charge in [-0.05, 0) is 50.5 Å². The molecule has 154 valence electrons. The SMILES string of the molecule is CCCCC[C@@](C)(OCC)C(=O)Nc1ccc(OCC(C)C)c2ncccc12. The molecule has 0 aliphatic carbocycles. The third kappa shape index (κ3) is 5.68. The molecule has 2 aromatic rings. The first-order chi connectivity index (χ1) is 13.4. The largest absolute Gasteiger partial charge is 0.491 e. The van der Waals surface area contributed by atoms with Crippen LogP contribution < -0.4 is 10.1 Å². The molecule has 1 N–H and O–H groups in total. The fraction of sp³-hybridized carbons (Fsp3) is 0.565. The average molecular weight is 387 g/mol. The number of carbonyl (C=O) groups is 1. The van der Waals surface area contributed by atoms with Gasteiger partial charge in [-0.15, -0.1) is 0 Å². The molecule has 0 saturated carbocycles. The van der Waals surface area contributed by atoms with Crippen LogP contribution in [0.25, 0.3) is 10.9 Å². The molecule has 0 unspecified atom stereocenters. The number of nitrogens with one attached hydrogen (secondary N) is 1. The van der Waals surface area contributed by atoms with Crippen LogP contribution in [0.15, 0.2) is 30.5 Å². The van der Waals surface area contributed by atoms with Crippen LogP contribution in [0.4, 0.5) is 5.69 Å². The number of ether oxygens (including phenoxy) is 2. The number of benzene rings is 1. The normalized spacial score (nSPS) is 13.5. The Hall–Kier alpha value is -2.14. The topological polar surface area (TPSA) is 60.5 Å². The fourth-order valence-corrected chi connectivity index (χ4v) is 3.17. The van der Waals surface area contributed by atoms with Gasteiger partial charge in [0.1, 0.15) is 16.9 Å². The van der Waals surface area contributed by atoms with Crippen LogP contribution in [0.5, 0.6) is 5.75 Å². The molecule has 0 aliphatic heterocycles. The minimum absolute atomic E-state index is 0.119. The van der Waals surface area contributed by atoms with Crippen molar-refractivity contribution in [1.29, 1.82) is 0 Å². The van der Waals surface area contributed by atoms with E-state index >= 15 is 0 Å². The molecule has 5 heteroatoms. The Morgan fingerprint density at radius 1 is 1.21 bits per heavy atom. The predicted molar refractivity (Wildman–Crippen MR) is 115 cm³/mol. The molecule has 0 radical (unpaired) electrons. The lowest BCUT2D eigenvalue weighted by molar-refractivity contribution is -0.139. The summed E-state index contributed by atoms with van der Waals surface area (Å²) in [7, 11) is 0. The zero-order chi connectivity index (χ0) is 20.6. The van der Waals surface area contributed by atoms with Crippen molar-refractivity contribution in [3.63, 3.8) is 0 Å². The minimum atomic E-state index is -0.842. The van der Waals surface area contributed by atoms with E-state index in [4.69, 9.17) is 9.47 Å². The number of pyridine rings is 1. The number of rotatable bonds is 11. The molecule has 1 atom stereocenters. The van der Waals surface area contributed by atoms with Crippen LogP contribution in [0, 0.1) is 5.92 Å². The molecule has 0 fully saturated rings. The number of amides is 1.